The number of nitrogens with zero attached hydrogens (tertiary/aromatic N) is 2. The standard InChI is InChI=1S/C13H10N2O3/c1-15-10(7-9(14-15)13(16)17)12-6-8-4-2-3-5-11(8)18-12/h2-7H,1H3,(H,16,17). The van der Waals surface area contributed by atoms with Gasteiger partial charge in [0.25, 0.3) is 0 Å². The summed E-state index contributed by atoms with van der Waals surface area (Å²) in [4.78, 5) is 10.9. The van der Waals surface area contributed by atoms with E-state index in [0.717, 1.165) is 11.0 Å². The number of aromatic nitrogens is 2. The van der Waals surface area contributed by atoms with E-state index in [1.54, 1.807) is 7.05 Å². The quantitative estimate of drug-likeness (QED) is 0.749. The first-order valence-electron chi connectivity index (χ1n) is 5.41. The van der Waals surface area contributed by atoms with Crippen LogP contribution in [0.2, 0.25) is 0 Å². The minimum atomic E-state index is -1.05. The number of carbonyl (C=O) groups is 1. The molecule has 3 rings (SSSR count). The van der Waals surface area contributed by atoms with Gasteiger partial charge in [-0.2, -0.15) is 5.10 Å². The van der Waals surface area contributed by atoms with Crippen LogP contribution in [0.5, 0.6) is 0 Å². The minimum absolute atomic E-state index is 0.00737. The summed E-state index contributed by atoms with van der Waals surface area (Å²) in [6.45, 7) is 0. The molecule has 0 aliphatic rings. The highest BCUT2D eigenvalue weighted by molar-refractivity contribution is 5.88. The molecule has 0 spiro atoms. The van der Waals surface area contributed by atoms with Gasteiger partial charge >= 0.3 is 5.97 Å². The number of carboxylic acid groups (broad SMARTS) is 1. The van der Waals surface area contributed by atoms with Gasteiger partial charge in [-0.3, -0.25) is 4.68 Å². The highest BCUT2D eigenvalue weighted by atomic mass is 16.4. The van der Waals surface area contributed by atoms with Crippen LogP contribution in [0.4, 0.5) is 0 Å². The number of benzene rings is 1. The van der Waals surface area contributed by atoms with Gasteiger partial charge in [-0.05, 0) is 12.1 Å². The zero-order valence-electron chi connectivity index (χ0n) is 9.62. The lowest BCUT2D eigenvalue weighted by Gasteiger charge is -1.95. The second kappa shape index (κ2) is 3.73. The van der Waals surface area contributed by atoms with E-state index in [9.17, 15) is 4.79 Å². The van der Waals surface area contributed by atoms with Crippen molar-refractivity contribution < 1.29 is 14.3 Å². The third kappa shape index (κ3) is 1.57. The van der Waals surface area contributed by atoms with Crippen LogP contribution >= 0.6 is 0 Å². The van der Waals surface area contributed by atoms with Crippen molar-refractivity contribution in [1.29, 1.82) is 0 Å². The number of rotatable bonds is 2. The fraction of sp³-hybridized carbons (Fsp3) is 0.0769. The third-order valence-electron chi connectivity index (χ3n) is 2.78. The minimum Gasteiger partial charge on any atom is -0.476 e. The maximum Gasteiger partial charge on any atom is 0.356 e. The van der Waals surface area contributed by atoms with Crippen molar-refractivity contribution in [3.05, 3.63) is 42.1 Å². The maximum atomic E-state index is 10.9. The Balaban J connectivity index is 2.16. The molecule has 0 amide bonds. The summed E-state index contributed by atoms with van der Waals surface area (Å²) in [6, 6.07) is 11.0. The summed E-state index contributed by atoms with van der Waals surface area (Å²) >= 11 is 0. The first kappa shape index (κ1) is 10.6. The van der Waals surface area contributed by atoms with Crippen molar-refractivity contribution in [3.63, 3.8) is 0 Å². The van der Waals surface area contributed by atoms with Crippen LogP contribution in [-0.4, -0.2) is 20.9 Å². The van der Waals surface area contributed by atoms with Gasteiger partial charge in [0.15, 0.2) is 11.5 Å². The number of aromatic carboxylic acids is 1. The SMILES string of the molecule is Cn1nc(C(=O)O)cc1-c1cc2ccccc2o1. The number of aryl methyl sites for hydroxylation is 1. The Labute approximate surface area is 102 Å². The van der Waals surface area contributed by atoms with E-state index in [2.05, 4.69) is 5.10 Å². The Morgan fingerprint density at radius 1 is 1.33 bits per heavy atom. The summed E-state index contributed by atoms with van der Waals surface area (Å²) in [5.74, 6) is -0.438. The molecule has 0 saturated heterocycles. The molecule has 0 fully saturated rings. The van der Waals surface area contributed by atoms with Crippen LogP contribution in [-0.2, 0) is 7.05 Å². The van der Waals surface area contributed by atoms with Crippen molar-refractivity contribution in [1.82, 2.24) is 9.78 Å². The van der Waals surface area contributed by atoms with E-state index in [0.29, 0.717) is 11.5 Å². The molecule has 0 radical (unpaired) electrons. The molecule has 1 aromatic carbocycles. The molecule has 2 heterocycles. The van der Waals surface area contributed by atoms with Crippen molar-refractivity contribution in [2.75, 3.05) is 0 Å². The Hall–Kier alpha value is -2.56. The fourth-order valence-corrected chi connectivity index (χ4v) is 1.91. The number of furan rings is 1. The summed E-state index contributed by atoms with van der Waals surface area (Å²) in [5.41, 5.74) is 1.42. The zero-order chi connectivity index (χ0) is 12.7. The predicted octanol–water partition coefficient (Wildman–Crippen LogP) is 2.53. The first-order chi connectivity index (χ1) is 8.65. The molecular weight excluding hydrogens is 232 g/mol. The van der Waals surface area contributed by atoms with Gasteiger partial charge in [0.05, 0.1) is 0 Å². The normalized spacial score (nSPS) is 10.9. The molecule has 0 saturated carbocycles. The molecule has 90 valence electrons. The van der Waals surface area contributed by atoms with Crippen LogP contribution < -0.4 is 0 Å². The van der Waals surface area contributed by atoms with Gasteiger partial charge in [-0.25, -0.2) is 4.79 Å². The van der Waals surface area contributed by atoms with Crippen LogP contribution in [0.1, 0.15) is 10.5 Å². The van der Waals surface area contributed by atoms with Crippen LogP contribution in [0, 0.1) is 0 Å². The van der Waals surface area contributed by atoms with E-state index >= 15 is 0 Å². The Morgan fingerprint density at radius 2 is 2.11 bits per heavy atom. The molecular formula is C13H10N2O3. The van der Waals surface area contributed by atoms with E-state index in [4.69, 9.17) is 9.52 Å². The molecule has 0 aliphatic heterocycles. The van der Waals surface area contributed by atoms with Crippen molar-refractivity contribution in [2.24, 2.45) is 7.05 Å². The number of hydrogen-bond acceptors (Lipinski definition) is 3. The second-order valence-corrected chi connectivity index (χ2v) is 3.99. The maximum absolute atomic E-state index is 10.9. The second-order valence-electron chi connectivity index (χ2n) is 3.99. The van der Waals surface area contributed by atoms with E-state index in [-0.39, 0.29) is 5.69 Å². The van der Waals surface area contributed by atoms with Crippen molar-refractivity contribution in [3.8, 4) is 11.5 Å². The topological polar surface area (TPSA) is 68.3 Å². The molecule has 0 atom stereocenters. The summed E-state index contributed by atoms with van der Waals surface area (Å²) in [7, 11) is 1.69. The molecule has 18 heavy (non-hydrogen) atoms. The highest BCUT2D eigenvalue weighted by Gasteiger charge is 2.15. The molecule has 5 heteroatoms. The van der Waals surface area contributed by atoms with E-state index in [1.807, 2.05) is 30.3 Å². The van der Waals surface area contributed by atoms with Gasteiger partial charge in [-0.15, -0.1) is 0 Å². The van der Waals surface area contributed by atoms with Crippen LogP contribution in [0.15, 0.2) is 40.8 Å². The molecule has 0 unspecified atom stereocenters. The number of hydrogen-bond donors (Lipinski definition) is 1. The van der Waals surface area contributed by atoms with Gasteiger partial charge in [0, 0.05) is 18.5 Å². The van der Waals surface area contributed by atoms with Gasteiger partial charge in [0.1, 0.15) is 11.3 Å². The number of para-hydroxylation sites is 1. The summed E-state index contributed by atoms with van der Waals surface area (Å²) in [6.07, 6.45) is 0. The number of carboxylic acids is 1. The van der Waals surface area contributed by atoms with Crippen molar-refractivity contribution >= 4 is 16.9 Å². The Morgan fingerprint density at radius 3 is 2.78 bits per heavy atom. The van der Waals surface area contributed by atoms with Crippen molar-refractivity contribution in [2.45, 2.75) is 0 Å². The van der Waals surface area contributed by atoms with Gasteiger partial charge in [0.2, 0.25) is 0 Å². The fourth-order valence-electron chi connectivity index (χ4n) is 1.91. The molecule has 2 aromatic heterocycles. The summed E-state index contributed by atoms with van der Waals surface area (Å²) in [5, 5.41) is 13.8. The molecule has 0 aliphatic carbocycles. The molecule has 1 N–H and O–H groups in total. The lowest BCUT2D eigenvalue weighted by atomic mass is 10.2. The molecule has 0 bridgehead atoms. The smallest absolute Gasteiger partial charge is 0.356 e. The average molecular weight is 242 g/mol. The lowest BCUT2D eigenvalue weighted by molar-refractivity contribution is 0.0689. The van der Waals surface area contributed by atoms with E-state index in [1.165, 1.54) is 10.7 Å². The van der Waals surface area contributed by atoms with E-state index < -0.39 is 5.97 Å². The predicted molar refractivity (Wildman–Crippen MR) is 65.4 cm³/mol. The average Bonchev–Trinajstić information content (AvgIpc) is 2.91. The van der Waals surface area contributed by atoms with Gasteiger partial charge in [-0.1, -0.05) is 18.2 Å². The Bertz CT molecular complexity index is 707. The first-order valence-corrected chi connectivity index (χ1v) is 5.41. The summed E-state index contributed by atoms with van der Waals surface area (Å²) < 4.78 is 7.18. The van der Waals surface area contributed by atoms with Crippen LogP contribution in [0.3, 0.4) is 0 Å². The van der Waals surface area contributed by atoms with Gasteiger partial charge < -0.3 is 9.52 Å². The Kier molecular flexibility index (Phi) is 2.19. The highest BCUT2D eigenvalue weighted by Crippen LogP contribution is 2.27. The zero-order valence-corrected chi connectivity index (χ0v) is 9.62. The molecule has 3 aromatic rings. The third-order valence-corrected chi connectivity index (χ3v) is 2.78. The van der Waals surface area contributed by atoms with Crippen LogP contribution in [0.25, 0.3) is 22.4 Å². The lowest BCUT2D eigenvalue weighted by Crippen LogP contribution is -1.99. The monoisotopic (exact) mass is 242 g/mol. The molecule has 5 nitrogen and oxygen atoms in total. The number of fused-ring (bicyclic) bond motifs is 1. The largest absolute Gasteiger partial charge is 0.476 e.